The topological polar surface area (TPSA) is 84.9 Å². The molecule has 0 aromatic rings. The van der Waals surface area contributed by atoms with Gasteiger partial charge in [-0.3, -0.25) is 9.36 Å². The number of ether oxygens (including phenoxy) is 1. The van der Waals surface area contributed by atoms with Crippen LogP contribution in [0.4, 0.5) is 0 Å². The van der Waals surface area contributed by atoms with Gasteiger partial charge in [-0.2, -0.15) is 0 Å². The Labute approximate surface area is 192 Å². The van der Waals surface area contributed by atoms with Crippen molar-refractivity contribution in [2.24, 2.45) is 11.8 Å². The van der Waals surface area contributed by atoms with Gasteiger partial charge in [-0.05, 0) is 24.7 Å². The third-order valence-corrected chi connectivity index (χ3v) is 6.60. The zero-order valence-corrected chi connectivity index (χ0v) is 20.6. The van der Waals surface area contributed by atoms with E-state index in [0.717, 1.165) is 24.7 Å². The third kappa shape index (κ3) is 11.7. The third-order valence-electron chi connectivity index (χ3n) is 5.58. The molecule has 1 unspecified atom stereocenters. The van der Waals surface area contributed by atoms with Crippen LogP contribution in [-0.4, -0.2) is 25.3 Å². The molecule has 1 saturated carbocycles. The second kappa shape index (κ2) is 14.6. The van der Waals surface area contributed by atoms with Crippen LogP contribution in [0.15, 0.2) is 0 Å². The second-order valence-corrected chi connectivity index (χ2v) is 9.43. The van der Waals surface area contributed by atoms with Gasteiger partial charge in [0.2, 0.25) is 0 Å². The first kappa shape index (κ1) is 26.6. The minimum absolute atomic E-state index is 0. The van der Waals surface area contributed by atoms with E-state index >= 15 is 0 Å². The Morgan fingerprint density at radius 1 is 1.04 bits per heavy atom. The molecule has 28 heavy (non-hydrogen) atoms. The van der Waals surface area contributed by atoms with Gasteiger partial charge < -0.3 is 18.7 Å². The number of hydrogen-bond acceptors (Lipinski definition) is 6. The molecule has 1 saturated heterocycles. The van der Waals surface area contributed by atoms with Crippen LogP contribution in [0, 0.1) is 11.8 Å². The van der Waals surface area contributed by atoms with E-state index < -0.39 is 13.9 Å². The van der Waals surface area contributed by atoms with Crippen molar-refractivity contribution < 1.29 is 57.6 Å². The smallest absolute Gasteiger partial charge is 0.756 e. The molecule has 1 aliphatic carbocycles. The van der Waals surface area contributed by atoms with Crippen molar-refractivity contribution in [3.8, 4) is 0 Å². The predicted octanol–water partition coefficient (Wildman–Crippen LogP) is 1.75. The van der Waals surface area contributed by atoms with E-state index in [1.54, 1.807) is 0 Å². The normalized spacial score (nSPS) is 28.7. The summed E-state index contributed by atoms with van der Waals surface area (Å²) in [7, 11) is -4.15. The van der Waals surface area contributed by atoms with Gasteiger partial charge in [0.1, 0.15) is 12.7 Å². The van der Waals surface area contributed by atoms with Gasteiger partial charge in [0, 0.05) is 6.42 Å². The van der Waals surface area contributed by atoms with Gasteiger partial charge in [-0.25, -0.2) is 0 Å². The van der Waals surface area contributed by atoms with Gasteiger partial charge in [0.15, 0.2) is 0 Å². The largest absolute Gasteiger partial charge is 1.00 e. The maximum absolute atomic E-state index is 11.6. The SMILES string of the molecule is CCCCCC[C@H]1C[C@H]1CCCCCCCC(=O)OC[C@@H]1COP(=O)([O-])O1.[Na+]. The molecular weight excluding hydrogens is 390 g/mol. The van der Waals surface area contributed by atoms with Gasteiger partial charge in [-0.1, -0.05) is 71.1 Å². The van der Waals surface area contributed by atoms with Crippen LogP contribution in [0.5, 0.6) is 0 Å². The molecule has 0 N–H and O–H groups in total. The average Bonchev–Trinajstić information content (AvgIpc) is 3.28. The van der Waals surface area contributed by atoms with Crippen LogP contribution in [0.1, 0.15) is 90.4 Å². The fraction of sp³-hybridized carbons (Fsp3) is 0.950. The molecule has 6 nitrogen and oxygen atoms in total. The van der Waals surface area contributed by atoms with E-state index in [1.165, 1.54) is 64.2 Å². The van der Waals surface area contributed by atoms with Crippen LogP contribution >= 0.6 is 7.82 Å². The van der Waals surface area contributed by atoms with Crippen molar-refractivity contribution in [2.75, 3.05) is 13.2 Å². The van der Waals surface area contributed by atoms with Crippen molar-refractivity contribution in [2.45, 2.75) is 96.5 Å². The Balaban J connectivity index is 0.00000392. The van der Waals surface area contributed by atoms with E-state index in [1.807, 2.05) is 0 Å². The van der Waals surface area contributed by atoms with Gasteiger partial charge in [0.05, 0.1) is 6.61 Å². The minimum Gasteiger partial charge on any atom is -0.756 e. The molecule has 0 amide bonds. The fourth-order valence-corrected chi connectivity index (χ4v) is 4.71. The first-order chi connectivity index (χ1) is 13.0. The molecule has 0 radical (unpaired) electrons. The van der Waals surface area contributed by atoms with Crippen molar-refractivity contribution in [3.05, 3.63) is 0 Å². The first-order valence-electron chi connectivity index (χ1n) is 10.8. The molecule has 1 aliphatic heterocycles. The average molecular weight is 426 g/mol. The van der Waals surface area contributed by atoms with Gasteiger partial charge >= 0.3 is 35.5 Å². The van der Waals surface area contributed by atoms with Gasteiger partial charge in [0.25, 0.3) is 7.82 Å². The number of phosphoric ester groups is 1. The number of rotatable bonds is 15. The minimum atomic E-state index is -4.15. The Kier molecular flexibility index (Phi) is 13.8. The maximum Gasteiger partial charge on any atom is 1.00 e. The molecular formula is C20H36NaO6P. The Hall–Kier alpha value is 0.580. The van der Waals surface area contributed by atoms with E-state index in [4.69, 9.17) is 4.74 Å². The summed E-state index contributed by atoms with van der Waals surface area (Å²) in [5, 5.41) is 0. The van der Waals surface area contributed by atoms with Crippen molar-refractivity contribution in [3.63, 3.8) is 0 Å². The number of esters is 1. The van der Waals surface area contributed by atoms with E-state index in [0.29, 0.717) is 6.42 Å². The van der Waals surface area contributed by atoms with E-state index in [9.17, 15) is 14.3 Å². The number of unbranched alkanes of at least 4 members (excludes halogenated alkanes) is 7. The summed E-state index contributed by atoms with van der Waals surface area (Å²) in [4.78, 5) is 22.6. The zero-order valence-electron chi connectivity index (χ0n) is 17.7. The molecule has 4 atom stereocenters. The number of phosphoric acid groups is 1. The molecule has 0 spiro atoms. The first-order valence-corrected chi connectivity index (χ1v) is 12.3. The molecule has 158 valence electrons. The van der Waals surface area contributed by atoms with Gasteiger partial charge in [-0.15, -0.1) is 0 Å². The number of hydrogen-bond donors (Lipinski definition) is 0. The van der Waals surface area contributed by atoms with Crippen LogP contribution in [0.2, 0.25) is 0 Å². The Morgan fingerprint density at radius 3 is 2.25 bits per heavy atom. The standard InChI is InChI=1S/C20H37O6P.Na/c1-2-3-4-8-11-17-14-18(17)12-9-6-5-7-10-13-20(21)24-15-19-16-25-27(22,23)26-19;/h17-19H,2-16H2,1H3,(H,22,23);/q;+1/p-1/t17-,18+,19+;/m0./s1. The summed E-state index contributed by atoms with van der Waals surface area (Å²) < 4.78 is 25.1. The molecule has 2 rings (SSSR count). The van der Waals surface area contributed by atoms with Crippen molar-refractivity contribution >= 4 is 13.8 Å². The zero-order chi connectivity index (χ0) is 19.5. The summed E-state index contributed by atoms with van der Waals surface area (Å²) in [6.45, 7) is 2.12. The number of carbonyl (C=O) groups is 1. The summed E-state index contributed by atoms with van der Waals surface area (Å²) in [5.74, 6) is 1.71. The predicted molar refractivity (Wildman–Crippen MR) is 102 cm³/mol. The molecule has 2 aliphatic rings. The Morgan fingerprint density at radius 2 is 1.64 bits per heavy atom. The fourth-order valence-electron chi connectivity index (χ4n) is 3.81. The van der Waals surface area contributed by atoms with Crippen LogP contribution in [-0.2, 0) is 23.1 Å². The van der Waals surface area contributed by atoms with E-state index in [2.05, 4.69) is 16.0 Å². The summed E-state index contributed by atoms with van der Waals surface area (Å²) in [6, 6.07) is 0. The molecule has 0 aromatic heterocycles. The van der Waals surface area contributed by atoms with Crippen LogP contribution in [0.25, 0.3) is 0 Å². The number of carbonyl (C=O) groups excluding carboxylic acids is 1. The van der Waals surface area contributed by atoms with Crippen molar-refractivity contribution in [1.82, 2.24) is 0 Å². The van der Waals surface area contributed by atoms with Crippen LogP contribution < -0.4 is 34.5 Å². The van der Waals surface area contributed by atoms with Crippen molar-refractivity contribution in [1.29, 1.82) is 0 Å². The monoisotopic (exact) mass is 426 g/mol. The quantitative estimate of drug-likeness (QED) is 0.172. The molecule has 1 heterocycles. The molecule has 0 bridgehead atoms. The molecule has 0 aromatic carbocycles. The van der Waals surface area contributed by atoms with E-state index in [-0.39, 0.29) is 48.7 Å². The summed E-state index contributed by atoms with van der Waals surface area (Å²) >= 11 is 0. The van der Waals surface area contributed by atoms with Crippen LogP contribution in [0.3, 0.4) is 0 Å². The Bertz CT molecular complexity index is 489. The second-order valence-electron chi connectivity index (χ2n) is 8.07. The molecule has 8 heteroatoms. The summed E-state index contributed by atoms with van der Waals surface area (Å²) in [5.41, 5.74) is 0. The molecule has 2 fully saturated rings. The summed E-state index contributed by atoms with van der Waals surface area (Å²) in [6.07, 6.45) is 15.1. The maximum atomic E-state index is 11.6.